The van der Waals surface area contributed by atoms with Gasteiger partial charge in [0.1, 0.15) is 11.5 Å². The first-order valence-electron chi connectivity index (χ1n) is 11.8. The number of nitrogens with zero attached hydrogens (tertiary/aromatic N) is 2. The lowest BCUT2D eigenvalue weighted by Gasteiger charge is -2.27. The number of imide groups is 1. The molecule has 0 unspecified atom stereocenters. The van der Waals surface area contributed by atoms with Crippen LogP contribution < -0.4 is 14.8 Å². The lowest BCUT2D eigenvalue weighted by molar-refractivity contribution is -0.137. The Morgan fingerprint density at radius 1 is 1.16 bits per heavy atom. The van der Waals surface area contributed by atoms with Gasteiger partial charge in [-0.15, -0.1) is 0 Å². The van der Waals surface area contributed by atoms with Gasteiger partial charge in [0.25, 0.3) is 11.8 Å². The van der Waals surface area contributed by atoms with Crippen LogP contribution in [0.1, 0.15) is 28.8 Å². The predicted octanol–water partition coefficient (Wildman–Crippen LogP) is 2.40. The summed E-state index contributed by atoms with van der Waals surface area (Å²) < 4.78 is 27.5. The van der Waals surface area contributed by atoms with E-state index in [4.69, 9.17) is 18.6 Å². The third-order valence-electron chi connectivity index (χ3n) is 5.67. The minimum atomic E-state index is -0.661. The molecule has 13 heteroatoms. The van der Waals surface area contributed by atoms with Gasteiger partial charge in [0, 0.05) is 13.1 Å². The Hall–Kier alpha value is -3.59. The lowest BCUT2D eigenvalue weighted by Crippen LogP contribution is -2.43. The zero-order chi connectivity index (χ0) is 27.2. The monoisotopic (exact) mass is 639 g/mol. The van der Waals surface area contributed by atoms with Gasteiger partial charge in [-0.3, -0.25) is 14.5 Å². The molecule has 2 aliphatic heterocycles. The molecular formula is C25H26IN3O9. The molecule has 2 aliphatic rings. The lowest BCUT2D eigenvalue weighted by atomic mass is 10.1. The topological polar surface area (TPSA) is 137 Å². The molecule has 1 N–H and O–H groups in total. The van der Waals surface area contributed by atoms with E-state index in [1.165, 1.54) is 25.3 Å². The van der Waals surface area contributed by atoms with Crippen molar-refractivity contribution in [3.8, 4) is 11.5 Å². The highest BCUT2D eigenvalue weighted by Crippen LogP contribution is 2.35. The first-order valence-corrected chi connectivity index (χ1v) is 12.8. The Morgan fingerprint density at radius 3 is 2.63 bits per heavy atom. The van der Waals surface area contributed by atoms with Crippen LogP contribution in [0.15, 0.2) is 34.4 Å². The van der Waals surface area contributed by atoms with Crippen LogP contribution >= 0.6 is 22.6 Å². The summed E-state index contributed by atoms with van der Waals surface area (Å²) in [4.78, 5) is 52.2. The average molecular weight is 639 g/mol. The molecule has 202 valence electrons. The van der Waals surface area contributed by atoms with E-state index in [0.717, 1.165) is 4.90 Å². The first-order chi connectivity index (χ1) is 18.3. The number of hydrogen-bond donors (Lipinski definition) is 1. The van der Waals surface area contributed by atoms with Crippen molar-refractivity contribution in [3.05, 3.63) is 50.6 Å². The molecule has 2 fully saturated rings. The van der Waals surface area contributed by atoms with Gasteiger partial charge in [-0.1, -0.05) is 0 Å². The molecule has 12 nitrogen and oxygen atoms in total. The van der Waals surface area contributed by atoms with Crippen LogP contribution in [0.4, 0.5) is 4.79 Å². The first kappa shape index (κ1) is 27.4. The maximum Gasteiger partial charge on any atom is 0.373 e. The van der Waals surface area contributed by atoms with Crippen molar-refractivity contribution in [2.75, 3.05) is 46.6 Å². The van der Waals surface area contributed by atoms with Gasteiger partial charge in [-0.05, 0) is 65.4 Å². The average Bonchev–Trinajstić information content (AvgIpc) is 3.48. The van der Waals surface area contributed by atoms with Crippen molar-refractivity contribution in [1.82, 2.24) is 15.1 Å². The minimum absolute atomic E-state index is 0.0303. The second kappa shape index (κ2) is 12.3. The van der Waals surface area contributed by atoms with Crippen LogP contribution in [0.25, 0.3) is 6.08 Å². The number of halogens is 1. The standard InChI is InChI=1S/C25H26IN3O9/c1-3-36-20-12-15(10-17(26)22(20)37-14-21(30)28-6-8-35-9-7-28)11-18-23(31)29(25(33)27-18)13-16-4-5-19(38-16)24(32)34-2/h4-5,10-12H,3,6-9,13-14H2,1-2H3,(H,27,33)/b18-11-. The summed E-state index contributed by atoms with van der Waals surface area (Å²) in [7, 11) is 1.22. The van der Waals surface area contributed by atoms with Crippen molar-refractivity contribution in [2.45, 2.75) is 13.5 Å². The van der Waals surface area contributed by atoms with Crippen LogP contribution in [0.2, 0.25) is 0 Å². The van der Waals surface area contributed by atoms with Gasteiger partial charge in [0.15, 0.2) is 18.1 Å². The number of rotatable bonds is 9. The number of carbonyl (C=O) groups excluding carboxylic acids is 4. The smallest absolute Gasteiger partial charge is 0.373 e. The highest BCUT2D eigenvalue weighted by Gasteiger charge is 2.34. The molecular weight excluding hydrogens is 613 g/mol. The molecule has 38 heavy (non-hydrogen) atoms. The van der Waals surface area contributed by atoms with Crippen LogP contribution in [0.3, 0.4) is 0 Å². The molecule has 0 saturated carbocycles. The Morgan fingerprint density at radius 2 is 1.92 bits per heavy atom. The van der Waals surface area contributed by atoms with Crippen molar-refractivity contribution < 1.29 is 42.5 Å². The third-order valence-corrected chi connectivity index (χ3v) is 6.47. The maximum atomic E-state index is 12.9. The Bertz CT molecular complexity index is 1270. The molecule has 4 amide bonds. The van der Waals surface area contributed by atoms with E-state index in [1.54, 1.807) is 17.0 Å². The SMILES string of the molecule is CCOc1cc(/C=C2\NC(=O)N(Cc3ccc(C(=O)OC)o3)C2=O)cc(I)c1OCC(=O)N1CCOCC1. The summed E-state index contributed by atoms with van der Waals surface area (Å²) in [5.74, 6) is -0.331. The number of methoxy groups -OCH3 is 1. The fourth-order valence-electron chi connectivity index (χ4n) is 3.82. The zero-order valence-corrected chi connectivity index (χ0v) is 22.9. The molecule has 0 aliphatic carbocycles. The number of urea groups is 1. The van der Waals surface area contributed by atoms with E-state index in [2.05, 4.69) is 32.6 Å². The van der Waals surface area contributed by atoms with Gasteiger partial charge >= 0.3 is 12.0 Å². The van der Waals surface area contributed by atoms with E-state index in [9.17, 15) is 19.2 Å². The molecule has 0 bridgehead atoms. The normalized spacial score (nSPS) is 16.6. The maximum absolute atomic E-state index is 12.9. The van der Waals surface area contributed by atoms with E-state index in [0.29, 0.717) is 53.5 Å². The molecule has 3 heterocycles. The van der Waals surface area contributed by atoms with Crippen molar-refractivity contribution in [3.63, 3.8) is 0 Å². The molecule has 1 aromatic carbocycles. The minimum Gasteiger partial charge on any atom is -0.490 e. The molecule has 2 saturated heterocycles. The summed E-state index contributed by atoms with van der Waals surface area (Å²) in [6, 6.07) is 5.70. The molecule has 1 aromatic heterocycles. The van der Waals surface area contributed by atoms with Gasteiger partial charge in [0.05, 0.1) is 37.0 Å². The number of nitrogens with one attached hydrogen (secondary N) is 1. The fraction of sp³-hybridized carbons (Fsp3) is 0.360. The molecule has 2 aromatic rings. The second-order valence-corrected chi connectivity index (χ2v) is 9.34. The van der Waals surface area contributed by atoms with Gasteiger partial charge in [0.2, 0.25) is 5.76 Å². The molecule has 0 spiro atoms. The van der Waals surface area contributed by atoms with Gasteiger partial charge in [-0.25, -0.2) is 9.59 Å². The number of hydrogen-bond acceptors (Lipinski definition) is 9. The highest BCUT2D eigenvalue weighted by molar-refractivity contribution is 14.1. The summed E-state index contributed by atoms with van der Waals surface area (Å²) >= 11 is 2.07. The van der Waals surface area contributed by atoms with Crippen LogP contribution in [-0.2, 0) is 25.6 Å². The number of carbonyl (C=O) groups is 4. The number of morpholine rings is 1. The van der Waals surface area contributed by atoms with E-state index in [1.807, 2.05) is 6.92 Å². The van der Waals surface area contributed by atoms with Gasteiger partial charge < -0.3 is 33.6 Å². The highest BCUT2D eigenvalue weighted by atomic mass is 127. The van der Waals surface area contributed by atoms with Crippen LogP contribution in [0.5, 0.6) is 11.5 Å². The van der Waals surface area contributed by atoms with E-state index >= 15 is 0 Å². The second-order valence-electron chi connectivity index (χ2n) is 8.18. The van der Waals surface area contributed by atoms with Crippen LogP contribution in [-0.4, -0.2) is 80.2 Å². The number of benzene rings is 1. The van der Waals surface area contributed by atoms with E-state index in [-0.39, 0.29) is 36.3 Å². The molecule has 0 atom stereocenters. The largest absolute Gasteiger partial charge is 0.490 e. The van der Waals surface area contributed by atoms with Gasteiger partial charge in [-0.2, -0.15) is 0 Å². The summed E-state index contributed by atoms with van der Waals surface area (Å²) in [6.45, 7) is 3.90. The van der Waals surface area contributed by atoms with Crippen molar-refractivity contribution >= 4 is 52.5 Å². The summed E-state index contributed by atoms with van der Waals surface area (Å²) in [6.07, 6.45) is 1.52. The third kappa shape index (κ3) is 6.27. The van der Waals surface area contributed by atoms with Crippen molar-refractivity contribution in [1.29, 1.82) is 0 Å². The fourth-order valence-corrected chi connectivity index (χ4v) is 4.60. The zero-order valence-electron chi connectivity index (χ0n) is 20.8. The Kier molecular flexibility index (Phi) is 8.89. The number of ether oxygens (including phenoxy) is 4. The summed E-state index contributed by atoms with van der Waals surface area (Å²) in [5, 5.41) is 2.56. The van der Waals surface area contributed by atoms with E-state index < -0.39 is 17.9 Å². The van der Waals surface area contributed by atoms with Crippen LogP contribution in [0, 0.1) is 3.57 Å². The van der Waals surface area contributed by atoms with Crippen molar-refractivity contribution in [2.24, 2.45) is 0 Å². The Balaban J connectivity index is 1.48. The predicted molar refractivity (Wildman–Crippen MR) is 140 cm³/mol. The Labute approximate surface area is 231 Å². The summed E-state index contributed by atoms with van der Waals surface area (Å²) in [5.41, 5.74) is 0.644. The number of furan rings is 1. The number of esters is 1. The molecule has 4 rings (SSSR count). The number of amides is 4. The molecule has 0 radical (unpaired) electrons. The quantitative estimate of drug-likeness (QED) is 0.190.